The minimum absolute atomic E-state index is 0.726. The van der Waals surface area contributed by atoms with E-state index >= 15 is 0 Å². The van der Waals surface area contributed by atoms with Gasteiger partial charge in [0.2, 0.25) is 0 Å². The highest BCUT2D eigenvalue weighted by atomic mass is 15.1. The highest BCUT2D eigenvalue weighted by Gasteiger charge is 2.17. The van der Waals surface area contributed by atoms with Crippen molar-refractivity contribution < 1.29 is 0 Å². The first-order valence-corrected chi connectivity index (χ1v) is 15.9. The third kappa shape index (κ3) is 4.84. The number of pyridine rings is 2. The quantitative estimate of drug-likeness (QED) is 0.187. The van der Waals surface area contributed by atoms with Crippen LogP contribution in [0.15, 0.2) is 170 Å². The van der Waals surface area contributed by atoms with Gasteiger partial charge in [0, 0.05) is 34.9 Å². The van der Waals surface area contributed by atoms with Gasteiger partial charge >= 0.3 is 0 Å². The average molecular weight is 617 g/mol. The second-order valence-corrected chi connectivity index (χ2v) is 11.6. The molecule has 0 bridgehead atoms. The van der Waals surface area contributed by atoms with Crippen LogP contribution in [0.5, 0.6) is 0 Å². The Hall–Kier alpha value is -6.66. The Morgan fingerprint density at radius 2 is 0.917 bits per heavy atom. The van der Waals surface area contributed by atoms with Gasteiger partial charge in [0.15, 0.2) is 11.3 Å². The molecule has 0 aliphatic rings. The van der Waals surface area contributed by atoms with Gasteiger partial charge in [0.05, 0.1) is 5.52 Å². The summed E-state index contributed by atoms with van der Waals surface area (Å²) in [5.41, 5.74) is 12.1. The van der Waals surface area contributed by atoms with Gasteiger partial charge in [-0.1, -0.05) is 97.1 Å². The van der Waals surface area contributed by atoms with E-state index in [1.165, 1.54) is 0 Å². The zero-order valence-corrected chi connectivity index (χ0v) is 25.8. The maximum Gasteiger partial charge on any atom is 0.178 e. The van der Waals surface area contributed by atoms with Crippen molar-refractivity contribution in [3.05, 3.63) is 170 Å². The van der Waals surface area contributed by atoms with Crippen LogP contribution >= 0.6 is 0 Å². The summed E-state index contributed by atoms with van der Waals surface area (Å²) >= 11 is 0. The van der Waals surface area contributed by atoms with Crippen LogP contribution in [0, 0.1) is 0 Å². The smallest absolute Gasteiger partial charge is 0.178 e. The summed E-state index contributed by atoms with van der Waals surface area (Å²) in [5.74, 6) is 1.73. The monoisotopic (exact) mass is 616 g/mol. The first-order valence-electron chi connectivity index (χ1n) is 15.9. The lowest BCUT2D eigenvalue weighted by atomic mass is 9.98. The molecule has 9 aromatic rings. The Bertz CT molecular complexity index is 2370. The SMILES string of the molecule is c1ccc(-n2c(-c3cccc(-c4ccc(-c5cccc(-c6nc7cccnc7n6-c6ccccc6)c5)cc4)c3)nc3ncccc32)cc1. The summed E-state index contributed by atoms with van der Waals surface area (Å²) in [6.07, 6.45) is 3.61. The van der Waals surface area contributed by atoms with Gasteiger partial charge in [0.1, 0.15) is 17.2 Å². The molecule has 48 heavy (non-hydrogen) atoms. The Morgan fingerprint density at radius 3 is 1.56 bits per heavy atom. The molecule has 6 nitrogen and oxygen atoms in total. The molecule has 226 valence electrons. The van der Waals surface area contributed by atoms with E-state index in [1.807, 2.05) is 60.8 Å². The molecule has 0 saturated heterocycles. The molecule has 0 radical (unpaired) electrons. The number of rotatable bonds is 6. The van der Waals surface area contributed by atoms with E-state index < -0.39 is 0 Å². The number of benzene rings is 5. The first-order chi connectivity index (χ1) is 23.8. The van der Waals surface area contributed by atoms with Crippen molar-refractivity contribution in [3.8, 4) is 56.4 Å². The van der Waals surface area contributed by atoms with E-state index in [-0.39, 0.29) is 0 Å². The highest BCUT2D eigenvalue weighted by Crippen LogP contribution is 2.34. The Morgan fingerprint density at radius 1 is 0.375 bits per heavy atom. The molecule has 0 N–H and O–H groups in total. The second kappa shape index (κ2) is 11.6. The molecule has 5 aromatic carbocycles. The number of hydrogen-bond acceptors (Lipinski definition) is 4. The normalized spacial score (nSPS) is 11.3. The van der Waals surface area contributed by atoms with E-state index in [1.54, 1.807) is 6.20 Å². The number of aromatic nitrogens is 6. The van der Waals surface area contributed by atoms with Gasteiger partial charge in [-0.25, -0.2) is 19.9 Å². The summed E-state index contributed by atoms with van der Waals surface area (Å²) in [7, 11) is 0. The maximum atomic E-state index is 5.01. The molecule has 0 aliphatic carbocycles. The molecule has 4 aromatic heterocycles. The molecule has 9 rings (SSSR count). The van der Waals surface area contributed by atoms with Crippen molar-refractivity contribution in [2.24, 2.45) is 0 Å². The number of fused-ring (bicyclic) bond motifs is 2. The Labute approximate surface area is 277 Å². The highest BCUT2D eigenvalue weighted by molar-refractivity contribution is 5.83. The van der Waals surface area contributed by atoms with Gasteiger partial charge in [-0.15, -0.1) is 0 Å². The van der Waals surface area contributed by atoms with Gasteiger partial charge in [-0.2, -0.15) is 0 Å². The predicted molar refractivity (Wildman–Crippen MR) is 193 cm³/mol. The van der Waals surface area contributed by atoms with Crippen LogP contribution < -0.4 is 0 Å². The molecule has 0 aliphatic heterocycles. The van der Waals surface area contributed by atoms with Gasteiger partial charge in [-0.05, 0) is 82.9 Å². The number of nitrogens with zero attached hydrogens (tertiary/aromatic N) is 6. The molecule has 4 heterocycles. The van der Waals surface area contributed by atoms with E-state index in [0.29, 0.717) is 0 Å². The minimum atomic E-state index is 0.726. The molecule has 6 heteroatoms. The largest absolute Gasteiger partial charge is 0.291 e. The second-order valence-electron chi connectivity index (χ2n) is 11.6. The van der Waals surface area contributed by atoms with Crippen molar-refractivity contribution >= 4 is 22.3 Å². The van der Waals surface area contributed by atoms with Crippen molar-refractivity contribution in [2.45, 2.75) is 0 Å². The van der Waals surface area contributed by atoms with Crippen LogP contribution in [0.4, 0.5) is 0 Å². The van der Waals surface area contributed by atoms with Crippen LogP contribution in [-0.4, -0.2) is 29.1 Å². The number of hydrogen-bond donors (Lipinski definition) is 0. The maximum absolute atomic E-state index is 5.01. The standard InChI is InChI=1S/C42H28N6/c1-3-15-35(16-4-1)47-38-20-10-25-43-39(38)46-41(47)34-14-8-12-32(28-34)30-23-21-29(22-24-30)31-11-7-13-33(27-31)40-45-37-19-9-26-44-42(37)48(40)36-17-5-2-6-18-36/h1-28H. The van der Waals surface area contributed by atoms with Gasteiger partial charge in [0.25, 0.3) is 0 Å². The predicted octanol–water partition coefficient (Wildman–Crippen LogP) is 9.82. The summed E-state index contributed by atoms with van der Waals surface area (Å²) in [6.45, 7) is 0. The first kappa shape index (κ1) is 27.6. The fourth-order valence-corrected chi connectivity index (χ4v) is 6.40. The lowest BCUT2D eigenvalue weighted by Crippen LogP contribution is -1.98. The molecule has 0 saturated carbocycles. The average Bonchev–Trinajstić information content (AvgIpc) is 3.75. The molecule has 0 unspecified atom stereocenters. The summed E-state index contributed by atoms with van der Waals surface area (Å²) in [4.78, 5) is 19.2. The zero-order chi connectivity index (χ0) is 31.9. The number of para-hydroxylation sites is 2. The minimum Gasteiger partial charge on any atom is -0.291 e. The van der Waals surface area contributed by atoms with Crippen molar-refractivity contribution in [2.75, 3.05) is 0 Å². The Kier molecular flexibility index (Phi) is 6.68. The van der Waals surface area contributed by atoms with E-state index in [4.69, 9.17) is 9.97 Å². The summed E-state index contributed by atoms with van der Waals surface area (Å²) < 4.78 is 4.31. The fraction of sp³-hybridized carbons (Fsp3) is 0. The van der Waals surface area contributed by atoms with Crippen LogP contribution in [0.1, 0.15) is 0 Å². The van der Waals surface area contributed by atoms with E-state index in [2.05, 4.69) is 122 Å². The van der Waals surface area contributed by atoms with Gasteiger partial charge < -0.3 is 0 Å². The molecular weight excluding hydrogens is 589 g/mol. The Balaban J connectivity index is 1.07. The third-order valence-corrected chi connectivity index (χ3v) is 8.67. The van der Waals surface area contributed by atoms with Crippen molar-refractivity contribution in [1.29, 1.82) is 0 Å². The molecule has 0 fully saturated rings. The molecule has 0 atom stereocenters. The van der Waals surface area contributed by atoms with Crippen LogP contribution in [0.25, 0.3) is 78.7 Å². The number of imidazole rings is 2. The topological polar surface area (TPSA) is 61.4 Å². The molecular formula is C42H28N6. The van der Waals surface area contributed by atoms with Crippen LogP contribution in [0.3, 0.4) is 0 Å². The van der Waals surface area contributed by atoms with Crippen molar-refractivity contribution in [3.63, 3.8) is 0 Å². The van der Waals surface area contributed by atoms with Gasteiger partial charge in [-0.3, -0.25) is 9.13 Å². The fourth-order valence-electron chi connectivity index (χ4n) is 6.40. The lowest BCUT2D eigenvalue weighted by molar-refractivity contribution is 1.08. The van der Waals surface area contributed by atoms with Crippen LogP contribution in [-0.2, 0) is 0 Å². The summed E-state index contributed by atoms with van der Waals surface area (Å²) in [5, 5.41) is 0. The lowest BCUT2D eigenvalue weighted by Gasteiger charge is -2.11. The zero-order valence-electron chi connectivity index (χ0n) is 25.8. The summed E-state index contributed by atoms with van der Waals surface area (Å²) in [6, 6.07) is 54.4. The third-order valence-electron chi connectivity index (χ3n) is 8.67. The van der Waals surface area contributed by atoms with Crippen LogP contribution in [0.2, 0.25) is 0 Å². The van der Waals surface area contributed by atoms with E-state index in [9.17, 15) is 0 Å². The molecule has 0 spiro atoms. The van der Waals surface area contributed by atoms with Crippen molar-refractivity contribution in [1.82, 2.24) is 29.1 Å². The van der Waals surface area contributed by atoms with E-state index in [0.717, 1.165) is 78.7 Å². The molecule has 0 amide bonds.